The van der Waals surface area contributed by atoms with E-state index in [0.29, 0.717) is 45.8 Å². The molecule has 11 nitrogen and oxygen atoms in total. The molecule has 1 aliphatic heterocycles. The number of carbonyl (C=O) groups excluding carboxylic acids is 2. The zero-order valence-electron chi connectivity index (χ0n) is 29.6. The fraction of sp³-hybridized carbons (Fsp3) is 0.342. The van der Waals surface area contributed by atoms with Gasteiger partial charge in [-0.15, -0.1) is 11.3 Å². The molecule has 1 unspecified atom stereocenters. The normalized spacial score (nSPS) is 16.2. The third-order valence-electron chi connectivity index (χ3n) is 8.44. The maximum absolute atomic E-state index is 14.4. The number of nitrogens with two attached hydrogens (primary N) is 1. The Balaban J connectivity index is 1.53. The van der Waals surface area contributed by atoms with Crippen LogP contribution < -0.4 is 15.4 Å². The molecule has 3 aromatic carbocycles. The maximum atomic E-state index is 14.4. The number of thiophene rings is 1. The summed E-state index contributed by atoms with van der Waals surface area (Å²) in [4.78, 5) is 41.1. The number of benzene rings is 3. The molecule has 4 aromatic rings. The summed E-state index contributed by atoms with van der Waals surface area (Å²) in [5.74, 6) is -2.54. The molecule has 0 spiro atoms. The van der Waals surface area contributed by atoms with Crippen LogP contribution in [0.25, 0.3) is 10.4 Å². The van der Waals surface area contributed by atoms with Gasteiger partial charge in [0.15, 0.2) is 17.2 Å². The van der Waals surface area contributed by atoms with Gasteiger partial charge < -0.3 is 25.2 Å². The highest BCUT2D eigenvalue weighted by Crippen LogP contribution is 2.47. The number of carboxylic acid groups (broad SMARTS) is 1. The van der Waals surface area contributed by atoms with Crippen LogP contribution >= 0.6 is 22.9 Å². The minimum absolute atomic E-state index is 0.00677. The van der Waals surface area contributed by atoms with E-state index in [2.05, 4.69) is 0 Å². The molecular formula is C38H42ClN3O8S2. The van der Waals surface area contributed by atoms with Crippen molar-refractivity contribution < 1.29 is 37.4 Å². The van der Waals surface area contributed by atoms with Crippen LogP contribution in [-0.4, -0.2) is 66.0 Å². The first kappa shape index (κ1) is 38.8. The van der Waals surface area contributed by atoms with Crippen molar-refractivity contribution in [2.24, 2.45) is 0 Å². The number of halogens is 1. The van der Waals surface area contributed by atoms with Crippen molar-refractivity contribution in [2.45, 2.75) is 70.4 Å². The number of carbonyl (C=O) groups is 3. The zero-order valence-corrected chi connectivity index (χ0v) is 32.0. The highest BCUT2D eigenvalue weighted by Gasteiger charge is 2.44. The number of hydrogen-bond acceptors (Lipinski definition) is 9. The number of sulfonamides is 1. The third-order valence-corrected chi connectivity index (χ3v) is 12.2. The van der Waals surface area contributed by atoms with Crippen molar-refractivity contribution in [1.29, 1.82) is 0 Å². The van der Waals surface area contributed by atoms with Gasteiger partial charge in [0.1, 0.15) is 10.6 Å². The predicted molar refractivity (Wildman–Crippen MR) is 204 cm³/mol. The van der Waals surface area contributed by atoms with Gasteiger partial charge in [0, 0.05) is 35.1 Å². The summed E-state index contributed by atoms with van der Waals surface area (Å²) in [5, 5.41) is 9.32. The van der Waals surface area contributed by atoms with Crippen molar-refractivity contribution >= 4 is 62.2 Å². The number of anilines is 2. The molecule has 0 bridgehead atoms. The number of nitrogen functional groups attached to an aromatic ring is 1. The fourth-order valence-electron chi connectivity index (χ4n) is 6.37. The van der Waals surface area contributed by atoms with Gasteiger partial charge >= 0.3 is 11.9 Å². The SMILES string of the molecule is CC(C)(C)OC(=O)c1sc(-c2cccc(N(C(=O)c3ccccc3)C3CCN(S(=O)(=O)Cc4cccc(N)c4)C(C)(C)C3)c2)c(Cl)c1OCC(=O)O. The fourth-order valence-corrected chi connectivity index (χ4v) is 9.78. The summed E-state index contributed by atoms with van der Waals surface area (Å²) >= 11 is 7.80. The van der Waals surface area contributed by atoms with Crippen LogP contribution in [0.4, 0.5) is 11.4 Å². The molecule has 2 heterocycles. The van der Waals surface area contributed by atoms with E-state index in [1.807, 2.05) is 19.9 Å². The summed E-state index contributed by atoms with van der Waals surface area (Å²) < 4.78 is 40.1. The second-order valence-electron chi connectivity index (χ2n) is 14.2. The van der Waals surface area contributed by atoms with Gasteiger partial charge in [0.2, 0.25) is 10.0 Å². The van der Waals surface area contributed by atoms with Crippen molar-refractivity contribution in [1.82, 2.24) is 4.31 Å². The Morgan fingerprint density at radius 3 is 2.37 bits per heavy atom. The molecule has 5 rings (SSSR count). The average Bonchev–Trinajstić information content (AvgIpc) is 3.38. The Hall–Kier alpha value is -4.43. The Kier molecular flexibility index (Phi) is 11.4. The third kappa shape index (κ3) is 8.95. The van der Waals surface area contributed by atoms with Gasteiger partial charge in [-0.2, -0.15) is 4.31 Å². The standard InChI is InChI=1S/C38H42ClN3O8S2/c1-37(2,3)50-36(46)34-32(49-22-30(43)44)31(39)33(51-34)26-14-10-16-28(20-26)42(35(45)25-12-7-6-8-13-25)29-17-18-41(38(4,5)21-29)52(47,48)23-24-11-9-15-27(40)19-24/h6-16,19-20,29H,17-18,21-23,40H2,1-5H3,(H,43,44). The van der Waals surface area contributed by atoms with Gasteiger partial charge in [-0.25, -0.2) is 18.0 Å². The second kappa shape index (κ2) is 15.3. The summed E-state index contributed by atoms with van der Waals surface area (Å²) in [6.45, 7) is 8.31. The highest BCUT2D eigenvalue weighted by molar-refractivity contribution is 7.88. The number of esters is 1. The first-order valence-corrected chi connectivity index (χ1v) is 19.4. The minimum Gasteiger partial charge on any atom is -0.479 e. The molecule has 0 radical (unpaired) electrons. The molecule has 52 heavy (non-hydrogen) atoms. The second-order valence-corrected chi connectivity index (χ2v) is 17.5. The molecule has 276 valence electrons. The number of amides is 1. The molecule has 1 aromatic heterocycles. The number of rotatable bonds is 11. The molecule has 0 aliphatic carbocycles. The number of aliphatic carboxylic acids is 1. The molecule has 1 amide bonds. The molecule has 0 saturated carbocycles. The number of nitrogens with zero attached hydrogens (tertiary/aromatic N) is 2. The van der Waals surface area contributed by atoms with E-state index in [1.165, 1.54) is 4.31 Å². The average molecular weight is 768 g/mol. The Bertz CT molecular complexity index is 2080. The lowest BCUT2D eigenvalue weighted by Gasteiger charge is -2.47. The van der Waals surface area contributed by atoms with Gasteiger partial charge in [-0.05, 0) is 95.0 Å². The van der Waals surface area contributed by atoms with Crippen molar-refractivity contribution in [3.8, 4) is 16.2 Å². The smallest absolute Gasteiger partial charge is 0.352 e. The van der Waals surface area contributed by atoms with Crippen LogP contribution in [-0.2, 0) is 25.3 Å². The largest absolute Gasteiger partial charge is 0.479 e. The van der Waals surface area contributed by atoms with Gasteiger partial charge in [-0.1, -0.05) is 54.1 Å². The molecule has 3 N–H and O–H groups in total. The molecule has 1 saturated heterocycles. The predicted octanol–water partition coefficient (Wildman–Crippen LogP) is 7.49. The van der Waals surface area contributed by atoms with Gasteiger partial charge in [0.05, 0.1) is 10.6 Å². The number of ether oxygens (including phenoxy) is 2. The first-order valence-electron chi connectivity index (χ1n) is 16.6. The first-order chi connectivity index (χ1) is 24.4. The van der Waals surface area contributed by atoms with E-state index >= 15 is 0 Å². The minimum atomic E-state index is -3.75. The molecule has 1 fully saturated rings. The quantitative estimate of drug-likeness (QED) is 0.117. The van der Waals surface area contributed by atoms with Crippen LogP contribution in [0, 0.1) is 0 Å². The molecule has 1 aliphatic rings. The monoisotopic (exact) mass is 767 g/mol. The van der Waals surface area contributed by atoms with Crippen LogP contribution in [0.5, 0.6) is 5.75 Å². The van der Waals surface area contributed by atoms with Crippen LogP contribution in [0.3, 0.4) is 0 Å². The highest BCUT2D eigenvalue weighted by atomic mass is 35.5. The lowest BCUT2D eigenvalue weighted by atomic mass is 9.87. The van der Waals surface area contributed by atoms with Crippen molar-refractivity contribution in [2.75, 3.05) is 23.8 Å². The summed E-state index contributed by atoms with van der Waals surface area (Å²) in [7, 11) is -3.75. The summed E-state index contributed by atoms with van der Waals surface area (Å²) in [6.07, 6.45) is 0.694. The Morgan fingerprint density at radius 1 is 1.04 bits per heavy atom. The van der Waals surface area contributed by atoms with Crippen LogP contribution in [0.15, 0.2) is 78.9 Å². The van der Waals surface area contributed by atoms with Crippen LogP contribution in [0.1, 0.15) is 73.1 Å². The topological polar surface area (TPSA) is 157 Å². The lowest BCUT2D eigenvalue weighted by molar-refractivity contribution is -0.139. The van der Waals surface area contributed by atoms with Gasteiger partial charge in [0.25, 0.3) is 5.91 Å². The number of hydrogen-bond donors (Lipinski definition) is 2. The Morgan fingerprint density at radius 2 is 1.73 bits per heavy atom. The lowest BCUT2D eigenvalue weighted by Crippen LogP contribution is -2.58. The van der Waals surface area contributed by atoms with Crippen LogP contribution in [0.2, 0.25) is 5.02 Å². The van der Waals surface area contributed by atoms with E-state index in [4.69, 9.17) is 26.8 Å². The zero-order chi connectivity index (χ0) is 38.0. The van der Waals surface area contributed by atoms with Gasteiger partial charge in [-0.3, -0.25) is 4.79 Å². The van der Waals surface area contributed by atoms with E-state index in [-0.39, 0.29) is 33.9 Å². The van der Waals surface area contributed by atoms with E-state index in [1.54, 1.807) is 98.5 Å². The molecule has 14 heteroatoms. The van der Waals surface area contributed by atoms with E-state index < -0.39 is 45.8 Å². The Labute approximate surface area is 313 Å². The summed E-state index contributed by atoms with van der Waals surface area (Å²) in [6, 6.07) is 22.3. The van der Waals surface area contributed by atoms with Crippen molar-refractivity contribution in [3.63, 3.8) is 0 Å². The number of carboxylic acids is 1. The maximum Gasteiger partial charge on any atom is 0.352 e. The van der Waals surface area contributed by atoms with E-state index in [0.717, 1.165) is 11.3 Å². The van der Waals surface area contributed by atoms with E-state index in [9.17, 15) is 27.9 Å². The number of piperidine rings is 1. The summed E-state index contributed by atoms with van der Waals surface area (Å²) in [5.41, 5.74) is 6.83. The van der Waals surface area contributed by atoms with Crippen molar-refractivity contribution in [3.05, 3.63) is 99.9 Å². The molecule has 1 atom stereocenters. The molecular weight excluding hydrogens is 726 g/mol.